The van der Waals surface area contributed by atoms with Gasteiger partial charge in [-0.25, -0.2) is 0 Å². The first-order valence-corrected chi connectivity index (χ1v) is 8.18. The molecule has 1 amide bonds. The minimum Gasteiger partial charge on any atom is -0.339 e. The van der Waals surface area contributed by atoms with E-state index in [0.29, 0.717) is 18.5 Å². The molecule has 0 spiro atoms. The van der Waals surface area contributed by atoms with E-state index in [9.17, 15) is 4.79 Å². The van der Waals surface area contributed by atoms with E-state index in [1.165, 1.54) is 12.8 Å². The zero-order valence-electron chi connectivity index (χ0n) is 12.9. The van der Waals surface area contributed by atoms with Gasteiger partial charge in [-0.1, -0.05) is 0 Å². The van der Waals surface area contributed by atoms with Gasteiger partial charge in [-0.15, -0.1) is 0 Å². The van der Waals surface area contributed by atoms with E-state index in [1.807, 2.05) is 0 Å². The molecule has 0 aromatic carbocycles. The first kappa shape index (κ1) is 15.7. The highest BCUT2D eigenvalue weighted by Crippen LogP contribution is 2.26. The first-order valence-electron chi connectivity index (χ1n) is 8.18. The lowest BCUT2D eigenvalue weighted by Crippen LogP contribution is -2.42. The molecule has 0 unspecified atom stereocenters. The molecule has 0 bridgehead atoms. The van der Waals surface area contributed by atoms with E-state index in [-0.39, 0.29) is 0 Å². The molecule has 20 heavy (non-hydrogen) atoms. The van der Waals surface area contributed by atoms with Crippen LogP contribution in [-0.2, 0) is 4.79 Å². The van der Waals surface area contributed by atoms with Gasteiger partial charge in [0.05, 0.1) is 6.54 Å². The second-order valence-corrected chi connectivity index (χ2v) is 6.02. The Hall–Kier alpha value is -0.650. The summed E-state index contributed by atoms with van der Waals surface area (Å²) >= 11 is 0. The molecule has 0 atom stereocenters. The Balaban J connectivity index is 1.74. The van der Waals surface area contributed by atoms with Crippen molar-refractivity contribution in [1.82, 2.24) is 14.7 Å². The maximum Gasteiger partial charge on any atom is 0.236 e. The molecule has 5 heteroatoms. The van der Waals surface area contributed by atoms with Crippen LogP contribution in [0.2, 0.25) is 0 Å². The van der Waals surface area contributed by atoms with Crippen molar-refractivity contribution < 1.29 is 4.79 Å². The van der Waals surface area contributed by atoms with Crippen molar-refractivity contribution in [2.45, 2.75) is 38.6 Å². The summed E-state index contributed by atoms with van der Waals surface area (Å²) in [4.78, 5) is 19.2. The van der Waals surface area contributed by atoms with Crippen LogP contribution in [0.4, 0.5) is 0 Å². The summed E-state index contributed by atoms with van der Waals surface area (Å²) < 4.78 is 0. The second kappa shape index (κ2) is 7.96. The van der Waals surface area contributed by atoms with Gasteiger partial charge in [0.2, 0.25) is 5.91 Å². The lowest BCUT2D eigenvalue weighted by Gasteiger charge is -2.26. The molecule has 116 valence electrons. The molecule has 1 aliphatic heterocycles. The summed E-state index contributed by atoms with van der Waals surface area (Å²) in [6.45, 7) is 9.70. The summed E-state index contributed by atoms with van der Waals surface area (Å²) in [5, 5.41) is 0. The number of carbonyl (C=O) groups is 1. The number of carbonyl (C=O) groups excluding carboxylic acids is 1. The van der Waals surface area contributed by atoms with Gasteiger partial charge >= 0.3 is 0 Å². The van der Waals surface area contributed by atoms with E-state index in [4.69, 9.17) is 5.73 Å². The molecule has 1 saturated heterocycles. The summed E-state index contributed by atoms with van der Waals surface area (Å²) in [6.07, 6.45) is 4.64. The summed E-state index contributed by atoms with van der Waals surface area (Å²) in [6, 6.07) is 0.542. The van der Waals surface area contributed by atoms with E-state index in [2.05, 4.69) is 21.6 Å². The van der Waals surface area contributed by atoms with Crippen LogP contribution >= 0.6 is 0 Å². The molecule has 0 aromatic rings. The Morgan fingerprint density at radius 3 is 2.55 bits per heavy atom. The lowest BCUT2D eigenvalue weighted by atomic mass is 10.3. The number of hydrogen-bond donors (Lipinski definition) is 1. The third-order valence-electron chi connectivity index (χ3n) is 4.37. The predicted molar refractivity (Wildman–Crippen MR) is 81.6 cm³/mol. The molecule has 5 nitrogen and oxygen atoms in total. The Labute approximate surface area is 123 Å². The normalized spacial score (nSPS) is 21.7. The number of nitrogens with zero attached hydrogens (tertiary/aromatic N) is 3. The van der Waals surface area contributed by atoms with E-state index >= 15 is 0 Å². The Bertz CT molecular complexity index is 306. The monoisotopic (exact) mass is 282 g/mol. The minimum absolute atomic E-state index is 0.324. The van der Waals surface area contributed by atoms with Gasteiger partial charge in [0.15, 0.2) is 0 Å². The van der Waals surface area contributed by atoms with Crippen LogP contribution < -0.4 is 5.73 Å². The van der Waals surface area contributed by atoms with Gasteiger partial charge in [0.25, 0.3) is 0 Å². The number of amides is 1. The van der Waals surface area contributed by atoms with Crippen molar-refractivity contribution in [3.63, 3.8) is 0 Å². The average molecular weight is 282 g/mol. The van der Waals surface area contributed by atoms with Gasteiger partial charge in [0, 0.05) is 25.7 Å². The van der Waals surface area contributed by atoms with Crippen LogP contribution in [0.15, 0.2) is 0 Å². The van der Waals surface area contributed by atoms with Crippen molar-refractivity contribution >= 4 is 5.91 Å². The van der Waals surface area contributed by atoms with Crippen LogP contribution in [0.25, 0.3) is 0 Å². The fraction of sp³-hybridized carbons (Fsp3) is 0.933. The Morgan fingerprint density at radius 1 is 1.20 bits per heavy atom. The van der Waals surface area contributed by atoms with E-state index in [1.54, 1.807) is 0 Å². The molecule has 2 aliphatic rings. The van der Waals surface area contributed by atoms with Gasteiger partial charge in [-0.3, -0.25) is 9.69 Å². The molecule has 2 N–H and O–H groups in total. The molecule has 1 aliphatic carbocycles. The molecule has 2 rings (SSSR count). The van der Waals surface area contributed by atoms with Crippen LogP contribution in [-0.4, -0.2) is 79.0 Å². The topological polar surface area (TPSA) is 52.8 Å². The van der Waals surface area contributed by atoms with Crippen molar-refractivity contribution in [2.75, 3.05) is 52.4 Å². The molecule has 1 heterocycles. The second-order valence-electron chi connectivity index (χ2n) is 6.02. The van der Waals surface area contributed by atoms with Crippen LogP contribution in [0, 0.1) is 0 Å². The Kier molecular flexibility index (Phi) is 6.26. The average Bonchev–Trinajstić information content (AvgIpc) is 3.26. The summed E-state index contributed by atoms with van der Waals surface area (Å²) in [5.41, 5.74) is 5.57. The van der Waals surface area contributed by atoms with Crippen LogP contribution in [0.1, 0.15) is 32.6 Å². The fourth-order valence-electron chi connectivity index (χ4n) is 3.03. The highest BCUT2D eigenvalue weighted by atomic mass is 16.2. The van der Waals surface area contributed by atoms with E-state index < -0.39 is 0 Å². The van der Waals surface area contributed by atoms with Crippen molar-refractivity contribution in [3.8, 4) is 0 Å². The number of nitrogens with two attached hydrogens (primary N) is 1. The number of likely N-dealkylation sites (N-methyl/N-ethyl adjacent to an activating group) is 1. The zero-order valence-corrected chi connectivity index (χ0v) is 12.9. The number of rotatable bonds is 7. The predicted octanol–water partition coefficient (Wildman–Crippen LogP) is 0.354. The largest absolute Gasteiger partial charge is 0.339 e. The highest BCUT2D eigenvalue weighted by Gasteiger charge is 2.32. The van der Waals surface area contributed by atoms with Gasteiger partial charge in [-0.2, -0.15) is 0 Å². The molecule has 0 radical (unpaired) electrons. The molecular weight excluding hydrogens is 252 g/mol. The molecule has 2 fully saturated rings. The smallest absolute Gasteiger partial charge is 0.236 e. The van der Waals surface area contributed by atoms with Gasteiger partial charge in [-0.05, 0) is 58.8 Å². The highest BCUT2D eigenvalue weighted by molar-refractivity contribution is 5.78. The van der Waals surface area contributed by atoms with E-state index in [0.717, 1.165) is 58.7 Å². The van der Waals surface area contributed by atoms with Crippen LogP contribution in [0.3, 0.4) is 0 Å². The van der Waals surface area contributed by atoms with Crippen molar-refractivity contribution in [2.24, 2.45) is 5.73 Å². The molecule has 1 saturated carbocycles. The maximum absolute atomic E-state index is 12.3. The fourth-order valence-corrected chi connectivity index (χ4v) is 3.03. The molecular formula is C15H30N4O. The quantitative estimate of drug-likeness (QED) is 0.732. The molecule has 0 aromatic heterocycles. The standard InChI is InChI=1S/C15H30N4O/c1-2-19(14-5-6-14)15(20)13-18-10-4-9-17(11-12-18)8-3-7-16/h14H,2-13,16H2,1H3. The minimum atomic E-state index is 0.324. The first-order chi connectivity index (χ1) is 9.74. The third kappa shape index (κ3) is 4.72. The summed E-state index contributed by atoms with van der Waals surface area (Å²) in [7, 11) is 0. The maximum atomic E-state index is 12.3. The Morgan fingerprint density at radius 2 is 1.90 bits per heavy atom. The lowest BCUT2D eigenvalue weighted by molar-refractivity contribution is -0.132. The van der Waals surface area contributed by atoms with Crippen LogP contribution in [0.5, 0.6) is 0 Å². The number of hydrogen-bond acceptors (Lipinski definition) is 4. The van der Waals surface area contributed by atoms with Crippen molar-refractivity contribution in [1.29, 1.82) is 0 Å². The van der Waals surface area contributed by atoms with Crippen molar-refractivity contribution in [3.05, 3.63) is 0 Å². The summed E-state index contributed by atoms with van der Waals surface area (Å²) in [5.74, 6) is 0.324. The third-order valence-corrected chi connectivity index (χ3v) is 4.37. The zero-order chi connectivity index (χ0) is 14.4. The SMILES string of the molecule is CCN(C(=O)CN1CCCN(CCCN)CC1)C1CC1. The van der Waals surface area contributed by atoms with Gasteiger partial charge < -0.3 is 15.5 Å². The van der Waals surface area contributed by atoms with Gasteiger partial charge in [0.1, 0.15) is 0 Å².